The molecule has 0 aliphatic rings. The minimum Gasteiger partial charge on any atom is -0.464 e. The molecule has 0 aromatic carbocycles. The largest absolute Gasteiger partial charge is 0.464 e. The van der Waals surface area contributed by atoms with Gasteiger partial charge in [0.25, 0.3) is 0 Å². The van der Waals surface area contributed by atoms with E-state index in [-0.39, 0.29) is 13.2 Å². The van der Waals surface area contributed by atoms with Crippen LogP contribution in [0.1, 0.15) is 0 Å². The van der Waals surface area contributed by atoms with E-state index in [2.05, 4.69) is 4.52 Å². The monoisotopic (exact) mass is 130 g/mol. The smallest absolute Gasteiger partial charge is 0.240 e. The maximum absolute atomic E-state index is 10.2. The second-order valence-corrected chi connectivity index (χ2v) is 1.55. The van der Waals surface area contributed by atoms with Gasteiger partial charge in [-0.05, 0) is 0 Å². The van der Waals surface area contributed by atoms with Crippen molar-refractivity contribution in [1.29, 1.82) is 0 Å². The van der Waals surface area contributed by atoms with Crippen LogP contribution in [-0.4, -0.2) is 32.5 Å². The van der Waals surface area contributed by atoms with E-state index >= 15 is 0 Å². The molecule has 0 aliphatic heterocycles. The predicted octanol–water partition coefficient (Wildman–Crippen LogP) is -2.04. The van der Waals surface area contributed by atoms with Crippen LogP contribution in [0, 0.1) is 0 Å². The molecule has 1 atom stereocenters. The lowest BCUT2D eigenvalue weighted by Crippen LogP contribution is -2.19. The van der Waals surface area contributed by atoms with E-state index < -0.39 is 0 Å². The third-order valence-electron chi connectivity index (χ3n) is 0.670. The second kappa shape index (κ2) is 5.20. The highest BCUT2D eigenvalue weighted by molar-refractivity contribution is 7.35. The second-order valence-electron chi connectivity index (χ2n) is 1.32. The van der Waals surface area contributed by atoms with Crippen LogP contribution in [0.15, 0.2) is 0 Å². The summed E-state index contributed by atoms with van der Waals surface area (Å²) >= 11 is 0. The van der Waals surface area contributed by atoms with Gasteiger partial charge in [0.05, 0.1) is 9.47 Å². The highest BCUT2D eigenvalue weighted by atomic mass is 31.0. The molecular formula is CH6B3O3P. The molecule has 0 saturated heterocycles. The lowest BCUT2D eigenvalue weighted by molar-refractivity contribution is 0.232. The van der Waals surface area contributed by atoms with Crippen LogP contribution in [0.3, 0.4) is 0 Å². The van der Waals surface area contributed by atoms with Crippen molar-refractivity contribution >= 4 is 36.9 Å². The first-order valence-corrected chi connectivity index (χ1v) is 2.79. The number of rotatable bonds is 3. The molecule has 0 amide bonds. The molecule has 0 bridgehead atoms. The van der Waals surface area contributed by atoms with Crippen LogP contribution < -0.4 is 0 Å². The third-order valence-corrected chi connectivity index (χ3v) is 0.933. The summed E-state index contributed by atoms with van der Waals surface area (Å²) in [4.78, 5) is 10.2. The van der Waals surface area contributed by atoms with Gasteiger partial charge in [0, 0.05) is 0 Å². The van der Waals surface area contributed by atoms with E-state index in [4.69, 9.17) is 5.02 Å². The Morgan fingerprint density at radius 1 is 1.75 bits per heavy atom. The van der Waals surface area contributed by atoms with Crippen molar-refractivity contribution in [3.63, 3.8) is 0 Å². The summed E-state index contributed by atoms with van der Waals surface area (Å²) in [7, 11) is 2.67. The number of hydrogen-bond donors (Lipinski definition) is 1. The minimum absolute atomic E-state index is 0.0414. The summed E-state index contributed by atoms with van der Waals surface area (Å²) in [5.41, 5.74) is 0. The summed E-state index contributed by atoms with van der Waals surface area (Å²) in [6, 6.07) is 0. The Bertz CT molecular complexity index is 76.9. The van der Waals surface area contributed by atoms with E-state index in [1.54, 1.807) is 0 Å². The first kappa shape index (κ1) is 8.05. The molecule has 8 heavy (non-hydrogen) atoms. The van der Waals surface area contributed by atoms with Crippen molar-refractivity contribution in [3.05, 3.63) is 0 Å². The fraction of sp³-hybridized carbons (Fsp3) is 0. The first-order valence-electron chi connectivity index (χ1n) is 2.31. The maximum atomic E-state index is 10.2. The Labute approximate surface area is 52.2 Å². The molecule has 3 nitrogen and oxygen atoms in total. The van der Waals surface area contributed by atoms with Crippen molar-refractivity contribution in [1.82, 2.24) is 0 Å². The standard InChI is InChI=1S/CH6B3O3P/c5-1(7-8)2-3-4-6/h2-4,6H,8H2. The van der Waals surface area contributed by atoms with Crippen molar-refractivity contribution < 1.29 is 14.3 Å². The Balaban J connectivity index is 2.99. The Kier molecular flexibility index (Phi) is 5.23. The average Bonchev–Trinajstić information content (AvgIpc) is 1.83. The molecule has 7 heteroatoms. The Hall–Kier alpha value is 0.0548. The molecule has 0 radical (unpaired) electrons. The maximum Gasteiger partial charge on any atom is 0.240 e. The van der Waals surface area contributed by atoms with Gasteiger partial charge in [-0.15, -0.1) is 0 Å². The summed E-state index contributed by atoms with van der Waals surface area (Å²) in [5, 5.41) is 8.20. The molecule has 42 valence electrons. The molecule has 0 heterocycles. The molecule has 0 aromatic rings. The van der Waals surface area contributed by atoms with E-state index in [1.807, 2.05) is 9.47 Å². The van der Waals surface area contributed by atoms with Crippen molar-refractivity contribution in [3.8, 4) is 0 Å². The van der Waals surface area contributed by atoms with Crippen LogP contribution in [-0.2, 0) is 4.52 Å². The molecule has 0 aliphatic carbocycles. The lowest BCUT2D eigenvalue weighted by Gasteiger charge is -1.89. The van der Waals surface area contributed by atoms with Gasteiger partial charge in [-0.25, -0.2) is 0 Å². The Morgan fingerprint density at radius 2 is 2.38 bits per heavy atom. The molecule has 0 spiro atoms. The van der Waals surface area contributed by atoms with Crippen molar-refractivity contribution in [2.45, 2.75) is 0 Å². The van der Waals surface area contributed by atoms with E-state index in [9.17, 15) is 4.79 Å². The highest BCUT2D eigenvalue weighted by Gasteiger charge is 2.02. The van der Waals surface area contributed by atoms with Crippen molar-refractivity contribution in [2.24, 2.45) is 0 Å². The lowest BCUT2D eigenvalue weighted by atomic mass is 9.25. The number of carbonyl (C=O) groups is 1. The van der Waals surface area contributed by atoms with E-state index in [1.165, 1.54) is 0 Å². The van der Waals surface area contributed by atoms with Gasteiger partial charge >= 0.3 is 0 Å². The summed E-state index contributed by atoms with van der Waals surface area (Å²) in [5.74, 6) is -0.302. The predicted molar refractivity (Wildman–Crippen MR) is 39.9 cm³/mol. The zero-order chi connectivity index (χ0) is 6.41. The zero-order valence-electron chi connectivity index (χ0n) is 4.46. The third kappa shape index (κ3) is 4.22. The molecule has 1 N–H and O–H groups in total. The molecule has 1 unspecified atom stereocenters. The SMILES string of the molecule is O=C(BBBO)OP. The van der Waals surface area contributed by atoms with Crippen LogP contribution >= 0.6 is 9.47 Å². The van der Waals surface area contributed by atoms with Gasteiger partial charge in [0.15, 0.2) is 0 Å². The molecule has 0 saturated carbocycles. The first-order chi connectivity index (χ1) is 3.81. The van der Waals surface area contributed by atoms with Gasteiger partial charge in [-0.1, -0.05) is 0 Å². The number of carbonyl (C=O) groups excluding carboxylic acids is 1. The summed E-state index contributed by atoms with van der Waals surface area (Å²) in [6.45, 7) is 0. The molecular weight excluding hydrogens is 123 g/mol. The molecule has 0 aromatic heterocycles. The van der Waals surface area contributed by atoms with E-state index in [0.29, 0.717) is 14.2 Å². The zero-order valence-corrected chi connectivity index (χ0v) is 5.62. The topological polar surface area (TPSA) is 46.5 Å². The Morgan fingerprint density at radius 3 is 2.75 bits per heavy atom. The fourth-order valence-electron chi connectivity index (χ4n) is 0.282. The summed E-state index contributed by atoms with van der Waals surface area (Å²) in [6.07, 6.45) is 0. The quantitative estimate of drug-likeness (QED) is 0.353. The van der Waals surface area contributed by atoms with Crippen molar-refractivity contribution in [2.75, 3.05) is 0 Å². The summed E-state index contributed by atoms with van der Waals surface area (Å²) < 4.78 is 4.22. The van der Waals surface area contributed by atoms with Crippen LogP contribution in [0.25, 0.3) is 0 Å². The van der Waals surface area contributed by atoms with Gasteiger partial charge in [0.1, 0.15) is 7.06 Å². The van der Waals surface area contributed by atoms with Crippen LogP contribution in [0.4, 0.5) is 4.79 Å². The minimum atomic E-state index is -0.302. The molecule has 0 fully saturated rings. The highest BCUT2D eigenvalue weighted by Crippen LogP contribution is 1.84. The van der Waals surface area contributed by atoms with Crippen LogP contribution in [0.2, 0.25) is 0 Å². The normalized spacial score (nSPS) is 7.25. The fourth-order valence-corrected chi connectivity index (χ4v) is 0.400. The van der Waals surface area contributed by atoms with Gasteiger partial charge in [0.2, 0.25) is 20.4 Å². The number of hydrogen-bond acceptors (Lipinski definition) is 3. The van der Waals surface area contributed by atoms with Gasteiger partial charge in [-0.2, -0.15) is 0 Å². The van der Waals surface area contributed by atoms with Crippen LogP contribution in [0.5, 0.6) is 0 Å². The average molecular weight is 129 g/mol. The molecule has 0 rings (SSSR count). The van der Waals surface area contributed by atoms with E-state index in [0.717, 1.165) is 0 Å². The van der Waals surface area contributed by atoms with Gasteiger partial charge < -0.3 is 9.55 Å². The van der Waals surface area contributed by atoms with Gasteiger partial charge in [-0.3, -0.25) is 4.79 Å².